The molecule has 1 aromatic rings. The number of nitrogens with two attached hydrogens (primary N) is 1. The van der Waals surface area contributed by atoms with Crippen LogP contribution in [0.5, 0.6) is 0 Å². The number of ether oxygens (including phenoxy) is 1. The molecule has 1 aliphatic heterocycles. The maximum absolute atomic E-state index is 6.25. The molecule has 0 aliphatic carbocycles. The first-order valence-corrected chi connectivity index (χ1v) is 10.2. The van der Waals surface area contributed by atoms with Crippen LogP contribution in [0.1, 0.15) is 32.4 Å². The number of rotatable bonds is 5. The van der Waals surface area contributed by atoms with E-state index in [1.807, 2.05) is 18.2 Å². The summed E-state index contributed by atoms with van der Waals surface area (Å²) in [7, 11) is -1.69. The minimum Gasteiger partial charge on any atom is -0.414 e. The predicted molar refractivity (Wildman–Crippen MR) is 85.2 cm³/mol. The molecule has 0 amide bonds. The SMILES string of the molecule is CC(C)(C)[Si](C)(C)OC[C@@H]1O[C@H]1[C@@H](N)c1ccccc1. The highest BCUT2D eigenvalue weighted by Gasteiger charge is 2.46. The summed E-state index contributed by atoms with van der Waals surface area (Å²) in [6.07, 6.45) is 0.251. The molecular weight excluding hydrogens is 266 g/mol. The van der Waals surface area contributed by atoms with Gasteiger partial charge in [-0.25, -0.2) is 0 Å². The van der Waals surface area contributed by atoms with Crippen LogP contribution in [0.25, 0.3) is 0 Å². The normalized spacial score (nSPS) is 24.5. The van der Waals surface area contributed by atoms with Gasteiger partial charge in [0.15, 0.2) is 8.32 Å². The average molecular weight is 293 g/mol. The van der Waals surface area contributed by atoms with Crippen molar-refractivity contribution >= 4 is 8.32 Å². The van der Waals surface area contributed by atoms with E-state index in [1.54, 1.807) is 0 Å². The van der Waals surface area contributed by atoms with E-state index in [0.717, 1.165) is 5.56 Å². The van der Waals surface area contributed by atoms with E-state index >= 15 is 0 Å². The zero-order valence-corrected chi connectivity index (χ0v) is 14.2. The van der Waals surface area contributed by atoms with Gasteiger partial charge in [-0.2, -0.15) is 0 Å². The molecule has 0 bridgehead atoms. The molecular formula is C16H27NO2Si. The molecule has 1 aliphatic rings. The van der Waals surface area contributed by atoms with Crippen molar-refractivity contribution < 1.29 is 9.16 Å². The third-order valence-corrected chi connectivity index (χ3v) is 9.08. The molecule has 112 valence electrons. The number of hydrogen-bond donors (Lipinski definition) is 1. The Balaban J connectivity index is 1.84. The summed E-state index contributed by atoms with van der Waals surface area (Å²) in [5.41, 5.74) is 7.38. The van der Waals surface area contributed by atoms with Gasteiger partial charge in [0, 0.05) is 0 Å². The smallest absolute Gasteiger partial charge is 0.192 e. The van der Waals surface area contributed by atoms with Gasteiger partial charge >= 0.3 is 0 Å². The summed E-state index contributed by atoms with van der Waals surface area (Å²) >= 11 is 0. The summed E-state index contributed by atoms with van der Waals surface area (Å²) in [4.78, 5) is 0. The first kappa shape index (κ1) is 15.7. The molecule has 4 heteroatoms. The Kier molecular flexibility index (Phi) is 4.40. The Morgan fingerprint density at radius 3 is 2.40 bits per heavy atom. The summed E-state index contributed by atoms with van der Waals surface area (Å²) in [5.74, 6) is 0. The van der Waals surface area contributed by atoms with Gasteiger partial charge in [-0.3, -0.25) is 0 Å². The molecule has 1 heterocycles. The third-order valence-electron chi connectivity index (χ3n) is 4.57. The molecule has 1 fully saturated rings. The average Bonchev–Trinajstić information content (AvgIpc) is 3.15. The van der Waals surface area contributed by atoms with Crippen LogP contribution in [0.15, 0.2) is 30.3 Å². The second-order valence-electron chi connectivity index (χ2n) is 7.15. The zero-order chi connectivity index (χ0) is 15.0. The molecule has 20 heavy (non-hydrogen) atoms. The second-order valence-corrected chi connectivity index (χ2v) is 12.0. The van der Waals surface area contributed by atoms with Crippen LogP contribution in [0, 0.1) is 0 Å². The second kappa shape index (κ2) is 5.60. The van der Waals surface area contributed by atoms with Gasteiger partial charge in [0.05, 0.1) is 12.6 Å². The first-order valence-electron chi connectivity index (χ1n) is 7.32. The summed E-state index contributed by atoms with van der Waals surface area (Å²) in [6.45, 7) is 11.9. The Morgan fingerprint density at radius 2 is 1.85 bits per heavy atom. The van der Waals surface area contributed by atoms with Gasteiger partial charge < -0.3 is 14.9 Å². The Labute approximate surface area is 123 Å². The molecule has 2 N–H and O–H groups in total. The summed E-state index contributed by atoms with van der Waals surface area (Å²) in [5, 5.41) is 0.235. The lowest BCUT2D eigenvalue weighted by atomic mass is 10.0. The Morgan fingerprint density at radius 1 is 1.25 bits per heavy atom. The van der Waals surface area contributed by atoms with Crippen molar-refractivity contribution in [1.29, 1.82) is 0 Å². The minimum atomic E-state index is -1.69. The van der Waals surface area contributed by atoms with Crippen LogP contribution in [-0.4, -0.2) is 27.1 Å². The van der Waals surface area contributed by atoms with Crippen molar-refractivity contribution in [2.45, 2.75) is 57.2 Å². The molecule has 0 aromatic heterocycles. The van der Waals surface area contributed by atoms with Crippen LogP contribution in [0.3, 0.4) is 0 Å². The van der Waals surface area contributed by atoms with E-state index < -0.39 is 8.32 Å². The number of hydrogen-bond acceptors (Lipinski definition) is 3. The van der Waals surface area contributed by atoms with Crippen molar-refractivity contribution in [2.75, 3.05) is 6.61 Å². The lowest BCUT2D eigenvalue weighted by molar-refractivity contribution is 0.240. The molecule has 0 unspecified atom stereocenters. The first-order chi connectivity index (χ1) is 9.22. The third kappa shape index (κ3) is 3.50. The monoisotopic (exact) mass is 293 g/mol. The summed E-state index contributed by atoms with van der Waals surface area (Å²) in [6, 6.07) is 10.1. The largest absolute Gasteiger partial charge is 0.414 e. The van der Waals surface area contributed by atoms with Gasteiger partial charge in [0.1, 0.15) is 12.2 Å². The van der Waals surface area contributed by atoms with Crippen molar-refractivity contribution in [3.8, 4) is 0 Å². The van der Waals surface area contributed by atoms with Crippen LogP contribution in [0.4, 0.5) is 0 Å². The highest BCUT2D eigenvalue weighted by atomic mass is 28.4. The highest BCUT2D eigenvalue weighted by molar-refractivity contribution is 6.74. The van der Waals surface area contributed by atoms with Crippen LogP contribution < -0.4 is 5.73 Å². The van der Waals surface area contributed by atoms with E-state index in [9.17, 15) is 0 Å². The van der Waals surface area contributed by atoms with Gasteiger partial charge in [0.2, 0.25) is 0 Å². The molecule has 1 aromatic carbocycles. The van der Waals surface area contributed by atoms with E-state index in [4.69, 9.17) is 14.9 Å². The maximum Gasteiger partial charge on any atom is 0.192 e. The van der Waals surface area contributed by atoms with E-state index in [0.29, 0.717) is 6.61 Å². The minimum absolute atomic E-state index is 0.0517. The fraction of sp³-hybridized carbons (Fsp3) is 0.625. The van der Waals surface area contributed by atoms with Crippen LogP contribution in [-0.2, 0) is 9.16 Å². The quantitative estimate of drug-likeness (QED) is 0.668. The van der Waals surface area contributed by atoms with Crippen molar-refractivity contribution in [1.82, 2.24) is 0 Å². The molecule has 1 saturated heterocycles. The molecule has 3 atom stereocenters. The topological polar surface area (TPSA) is 47.8 Å². The molecule has 0 spiro atoms. The van der Waals surface area contributed by atoms with Gasteiger partial charge in [-0.1, -0.05) is 51.1 Å². The Bertz CT molecular complexity index is 442. The maximum atomic E-state index is 6.25. The van der Waals surface area contributed by atoms with Gasteiger partial charge in [-0.05, 0) is 23.7 Å². The predicted octanol–water partition coefficient (Wildman–Crippen LogP) is 3.48. The van der Waals surface area contributed by atoms with E-state index in [1.165, 1.54) is 0 Å². The van der Waals surface area contributed by atoms with Gasteiger partial charge in [-0.15, -0.1) is 0 Å². The lowest BCUT2D eigenvalue weighted by Gasteiger charge is -2.36. The fourth-order valence-corrected chi connectivity index (χ4v) is 2.99. The van der Waals surface area contributed by atoms with E-state index in [-0.39, 0.29) is 23.3 Å². The van der Waals surface area contributed by atoms with Crippen molar-refractivity contribution in [3.05, 3.63) is 35.9 Å². The standard InChI is InChI=1S/C16H27NO2Si/c1-16(2,3)20(4,5)18-11-13-15(19-13)14(17)12-9-7-6-8-10-12/h6-10,13-15H,11,17H2,1-5H3/t13-,14-,15+/m0/s1. The lowest BCUT2D eigenvalue weighted by Crippen LogP contribution is -2.42. The van der Waals surface area contributed by atoms with Gasteiger partial charge in [0.25, 0.3) is 0 Å². The Hall–Kier alpha value is -0.683. The van der Waals surface area contributed by atoms with Crippen LogP contribution >= 0.6 is 0 Å². The highest BCUT2D eigenvalue weighted by Crippen LogP contribution is 2.39. The zero-order valence-electron chi connectivity index (χ0n) is 13.2. The number of benzene rings is 1. The van der Waals surface area contributed by atoms with Crippen LogP contribution in [0.2, 0.25) is 18.1 Å². The summed E-state index contributed by atoms with van der Waals surface area (Å²) < 4.78 is 11.9. The van der Waals surface area contributed by atoms with Crippen molar-refractivity contribution in [3.63, 3.8) is 0 Å². The van der Waals surface area contributed by atoms with E-state index in [2.05, 4.69) is 46.0 Å². The molecule has 0 radical (unpaired) electrons. The molecule has 2 rings (SSSR count). The fourth-order valence-electron chi connectivity index (χ4n) is 1.98. The molecule has 0 saturated carbocycles. The number of epoxide rings is 1. The molecule has 3 nitrogen and oxygen atoms in total. The van der Waals surface area contributed by atoms with Crippen molar-refractivity contribution in [2.24, 2.45) is 5.73 Å².